The highest BCUT2D eigenvalue weighted by molar-refractivity contribution is 6.08. The molecule has 0 aliphatic carbocycles. The second-order valence-corrected chi connectivity index (χ2v) is 22.1. The van der Waals surface area contributed by atoms with Gasteiger partial charge in [-0.1, -0.05) is 27.7 Å². The van der Waals surface area contributed by atoms with E-state index in [2.05, 4.69) is 64.5 Å². The van der Waals surface area contributed by atoms with Crippen molar-refractivity contribution in [2.45, 2.75) is 104 Å². The van der Waals surface area contributed by atoms with Crippen molar-refractivity contribution in [3.63, 3.8) is 0 Å². The molecule has 350 valence electrons. The lowest BCUT2D eigenvalue weighted by Gasteiger charge is -2.48. The first-order valence-electron chi connectivity index (χ1n) is 23.4. The molecule has 0 N–H and O–H groups in total. The Balaban J connectivity index is 0.933. The van der Waals surface area contributed by atoms with Crippen molar-refractivity contribution in [3.05, 3.63) is 99.0 Å². The molecular formula is C55H58N6O7. The summed E-state index contributed by atoms with van der Waals surface area (Å²) in [7, 11) is 6.07. The molecule has 0 saturated heterocycles. The fraction of sp³-hybridized carbons (Fsp3) is 0.382. The Labute approximate surface area is 393 Å². The maximum atomic E-state index is 13.8. The van der Waals surface area contributed by atoms with Gasteiger partial charge in [0.15, 0.2) is 5.76 Å². The topological polar surface area (TPSA) is 136 Å². The van der Waals surface area contributed by atoms with Gasteiger partial charge in [0.25, 0.3) is 0 Å². The minimum absolute atomic E-state index is 0.00680. The average Bonchev–Trinajstić information content (AvgIpc) is 4.01. The summed E-state index contributed by atoms with van der Waals surface area (Å²) in [5.41, 5.74) is 10.2. The number of nitrogens with zero attached hydrogens (tertiary/aromatic N) is 6. The summed E-state index contributed by atoms with van der Waals surface area (Å²) in [4.78, 5) is 39.6. The largest absolute Gasteiger partial charge is 0.488 e. The molecule has 0 spiro atoms. The number of ether oxygens (including phenoxy) is 2. The summed E-state index contributed by atoms with van der Waals surface area (Å²) in [6, 6.07) is 17.4. The molecule has 13 nitrogen and oxygen atoms in total. The minimum atomic E-state index is -0.535. The van der Waals surface area contributed by atoms with Crippen LogP contribution in [0.4, 0.5) is 5.69 Å². The molecular weight excluding hydrogens is 857 g/mol. The van der Waals surface area contributed by atoms with Crippen LogP contribution in [-0.4, -0.2) is 48.0 Å². The van der Waals surface area contributed by atoms with Crippen molar-refractivity contribution in [2.24, 2.45) is 21.1 Å². The number of anilines is 1. The molecule has 0 amide bonds. The van der Waals surface area contributed by atoms with E-state index in [0.29, 0.717) is 56.5 Å². The van der Waals surface area contributed by atoms with Gasteiger partial charge in [-0.2, -0.15) is 0 Å². The Morgan fingerprint density at radius 1 is 0.632 bits per heavy atom. The van der Waals surface area contributed by atoms with Crippen LogP contribution in [-0.2, 0) is 32.0 Å². The lowest BCUT2D eigenvalue weighted by atomic mass is 9.69. The standard InChI is InChI=1S/C55H58N6O7/c1-52(2,3)67-30-22-43-32(44(23-30)68-53(4,5)6)24-33(51(63)65-43)41-14-15-42(64-41)38-26-40-48(60(38)13)47-39(58(40)11)25-37(59(47)12)36-28-56-35(27-57-36)31-20-29-21-34-46-45(49(29)66-50(31)62)55(9,10)17-19-61(46)18-16-54(34,7)8/h14-15,20-28H,16-19H2,1-13H3. The van der Waals surface area contributed by atoms with Gasteiger partial charge in [-0.15, -0.1) is 0 Å². The second kappa shape index (κ2) is 14.5. The van der Waals surface area contributed by atoms with E-state index < -0.39 is 22.5 Å². The number of aromatic nitrogens is 5. The van der Waals surface area contributed by atoms with E-state index in [-0.39, 0.29) is 16.4 Å². The Morgan fingerprint density at radius 3 is 1.93 bits per heavy atom. The molecule has 9 aromatic rings. The van der Waals surface area contributed by atoms with Gasteiger partial charge in [0.1, 0.15) is 50.9 Å². The van der Waals surface area contributed by atoms with Gasteiger partial charge in [0, 0.05) is 63.0 Å². The molecule has 2 aliphatic heterocycles. The number of hydrogen-bond donors (Lipinski definition) is 0. The van der Waals surface area contributed by atoms with Gasteiger partial charge in [0.2, 0.25) is 0 Å². The van der Waals surface area contributed by atoms with E-state index in [4.69, 9.17) is 32.7 Å². The molecule has 0 saturated carbocycles. The van der Waals surface area contributed by atoms with Crippen LogP contribution in [0, 0.1) is 0 Å². The van der Waals surface area contributed by atoms with Gasteiger partial charge in [0.05, 0.1) is 62.5 Å². The normalized spacial score (nSPS) is 15.8. The molecule has 9 heterocycles. The number of rotatable bonds is 6. The summed E-state index contributed by atoms with van der Waals surface area (Å²) in [6.07, 6.45) is 5.46. The third-order valence-corrected chi connectivity index (χ3v) is 14.0. The Bertz CT molecular complexity index is 3690. The first kappa shape index (κ1) is 43.5. The van der Waals surface area contributed by atoms with Crippen molar-refractivity contribution < 1.29 is 22.7 Å². The molecule has 0 radical (unpaired) electrons. The lowest BCUT2D eigenvalue weighted by molar-refractivity contribution is 0.122. The molecule has 2 aliphatic rings. The number of fused-ring (bicyclic) bond motifs is 6. The predicted molar refractivity (Wildman–Crippen MR) is 268 cm³/mol. The van der Waals surface area contributed by atoms with Crippen LogP contribution >= 0.6 is 0 Å². The van der Waals surface area contributed by atoms with Gasteiger partial charge >= 0.3 is 11.3 Å². The fourth-order valence-corrected chi connectivity index (χ4v) is 10.6. The van der Waals surface area contributed by atoms with Crippen molar-refractivity contribution in [3.8, 4) is 56.9 Å². The Kier molecular flexibility index (Phi) is 9.28. The molecule has 7 aromatic heterocycles. The number of hydrogen-bond acceptors (Lipinski definition) is 10. The number of aryl methyl sites for hydroxylation is 3. The first-order valence-corrected chi connectivity index (χ1v) is 23.4. The number of benzene rings is 2. The maximum absolute atomic E-state index is 13.8. The van der Waals surface area contributed by atoms with Crippen LogP contribution in [0.15, 0.2) is 89.8 Å². The van der Waals surface area contributed by atoms with Crippen LogP contribution < -0.4 is 25.6 Å². The van der Waals surface area contributed by atoms with E-state index in [1.807, 2.05) is 80.9 Å². The Morgan fingerprint density at radius 2 is 1.25 bits per heavy atom. The van der Waals surface area contributed by atoms with E-state index in [1.54, 1.807) is 30.6 Å². The fourth-order valence-electron chi connectivity index (χ4n) is 10.6. The summed E-state index contributed by atoms with van der Waals surface area (Å²) in [6.45, 7) is 22.9. The Hall–Kier alpha value is -7.02. The van der Waals surface area contributed by atoms with Crippen molar-refractivity contribution in [1.82, 2.24) is 23.7 Å². The van der Waals surface area contributed by atoms with Crippen molar-refractivity contribution >= 4 is 49.7 Å². The summed E-state index contributed by atoms with van der Waals surface area (Å²) in [5, 5.41) is 1.54. The summed E-state index contributed by atoms with van der Waals surface area (Å²) >= 11 is 0. The van der Waals surface area contributed by atoms with Crippen LogP contribution in [0.5, 0.6) is 11.5 Å². The van der Waals surface area contributed by atoms with Crippen LogP contribution in [0.3, 0.4) is 0 Å². The molecule has 0 fully saturated rings. The van der Waals surface area contributed by atoms with E-state index in [9.17, 15) is 9.59 Å². The quantitative estimate of drug-likeness (QED) is 0.148. The zero-order valence-corrected chi connectivity index (χ0v) is 41.2. The lowest BCUT2D eigenvalue weighted by Crippen LogP contribution is -2.44. The molecule has 0 unspecified atom stereocenters. The predicted octanol–water partition coefficient (Wildman–Crippen LogP) is 11.8. The van der Waals surface area contributed by atoms with Gasteiger partial charge in [-0.05, 0) is 113 Å². The monoisotopic (exact) mass is 914 g/mol. The third kappa shape index (κ3) is 6.86. The molecule has 11 rings (SSSR count). The average molecular weight is 915 g/mol. The molecule has 13 heteroatoms. The van der Waals surface area contributed by atoms with Gasteiger partial charge in [-0.3, -0.25) is 9.97 Å². The third-order valence-electron chi connectivity index (χ3n) is 14.0. The molecule has 2 aromatic carbocycles. The SMILES string of the molecule is Cn1c(-c2cnc(-c3cc4cc5c6c(c4oc3=O)C(C)(C)CCN6CCC5(C)C)cn2)cc2c1c1c(cc(-c3ccc(-c4cc5c(OC(C)(C)C)cc(OC(C)(C)C)cc5oc4=O)o3)n1C)n2C. The van der Waals surface area contributed by atoms with Crippen LogP contribution in [0.1, 0.15) is 93.2 Å². The maximum Gasteiger partial charge on any atom is 0.347 e. The minimum Gasteiger partial charge on any atom is -0.488 e. The zero-order chi connectivity index (χ0) is 48.1. The highest BCUT2D eigenvalue weighted by Crippen LogP contribution is 2.52. The highest BCUT2D eigenvalue weighted by atomic mass is 16.5. The molecule has 68 heavy (non-hydrogen) atoms. The van der Waals surface area contributed by atoms with Crippen LogP contribution in [0.25, 0.3) is 89.4 Å². The summed E-state index contributed by atoms with van der Waals surface area (Å²) < 4.78 is 37.6. The van der Waals surface area contributed by atoms with E-state index in [0.717, 1.165) is 70.3 Å². The van der Waals surface area contributed by atoms with Gasteiger partial charge in [-0.25, -0.2) is 9.59 Å². The smallest absolute Gasteiger partial charge is 0.347 e. The number of furan rings is 1. The first-order chi connectivity index (χ1) is 32.0. The highest BCUT2D eigenvalue weighted by Gasteiger charge is 2.42. The van der Waals surface area contributed by atoms with Crippen molar-refractivity contribution in [2.75, 3.05) is 18.0 Å². The summed E-state index contributed by atoms with van der Waals surface area (Å²) in [5.74, 6) is 2.05. The molecule has 0 bridgehead atoms. The zero-order valence-electron chi connectivity index (χ0n) is 41.2. The van der Waals surface area contributed by atoms with E-state index >= 15 is 0 Å². The second-order valence-electron chi connectivity index (χ2n) is 22.1. The van der Waals surface area contributed by atoms with E-state index in [1.165, 1.54) is 11.3 Å². The van der Waals surface area contributed by atoms with Gasteiger partial charge < -0.3 is 41.3 Å². The van der Waals surface area contributed by atoms with Crippen molar-refractivity contribution in [1.29, 1.82) is 0 Å². The molecule has 0 atom stereocenters. The van der Waals surface area contributed by atoms with Crippen LogP contribution in [0.2, 0.25) is 0 Å².